The van der Waals surface area contributed by atoms with E-state index >= 15 is 0 Å². The van der Waals surface area contributed by atoms with Gasteiger partial charge in [-0.15, -0.1) is 0 Å². The number of aliphatic carboxylic acids is 1. The highest BCUT2D eigenvalue weighted by Crippen LogP contribution is 2.39. The smallest absolute Gasteiger partial charge is 0.320 e. The maximum Gasteiger partial charge on any atom is 0.320 e. The molecule has 0 amide bonds. The Morgan fingerprint density at radius 2 is 1.77 bits per heavy atom. The summed E-state index contributed by atoms with van der Waals surface area (Å²) >= 11 is 0. The number of rotatable bonds is 6. The lowest BCUT2D eigenvalue weighted by atomic mass is 9.94. The summed E-state index contributed by atoms with van der Waals surface area (Å²) in [5, 5.41) is 9.02. The number of para-hydroxylation sites is 1. The van der Waals surface area contributed by atoms with Gasteiger partial charge < -0.3 is 20.3 Å². The highest BCUT2D eigenvalue weighted by atomic mass is 16.5. The van der Waals surface area contributed by atoms with Crippen LogP contribution in [0.5, 0.6) is 11.5 Å². The fraction of sp³-hybridized carbons (Fsp3) is 0.235. The van der Waals surface area contributed by atoms with E-state index < -0.39 is 12.0 Å². The van der Waals surface area contributed by atoms with Crippen molar-refractivity contribution in [1.29, 1.82) is 0 Å². The molecule has 22 heavy (non-hydrogen) atoms. The van der Waals surface area contributed by atoms with Gasteiger partial charge in [-0.3, -0.25) is 4.79 Å². The Morgan fingerprint density at radius 1 is 1.09 bits per heavy atom. The monoisotopic (exact) mass is 301 g/mol. The van der Waals surface area contributed by atoms with Crippen LogP contribution in [0.15, 0.2) is 42.5 Å². The van der Waals surface area contributed by atoms with Crippen molar-refractivity contribution in [3.05, 3.63) is 48.0 Å². The molecular formula is C17H19NO4. The summed E-state index contributed by atoms with van der Waals surface area (Å²) in [5.74, 6) is 0.214. The second-order valence-electron chi connectivity index (χ2n) is 4.85. The van der Waals surface area contributed by atoms with E-state index in [-0.39, 0.29) is 6.42 Å². The van der Waals surface area contributed by atoms with Gasteiger partial charge in [-0.1, -0.05) is 36.4 Å². The van der Waals surface area contributed by atoms with Crippen LogP contribution in [0, 0.1) is 0 Å². The second kappa shape index (κ2) is 6.95. The Hall–Kier alpha value is -2.53. The molecule has 0 unspecified atom stereocenters. The van der Waals surface area contributed by atoms with E-state index in [1.807, 2.05) is 42.5 Å². The molecule has 0 spiro atoms. The molecule has 5 heteroatoms. The number of hydrogen-bond donors (Lipinski definition) is 2. The molecule has 1 atom stereocenters. The number of methoxy groups -OCH3 is 2. The van der Waals surface area contributed by atoms with E-state index in [1.165, 1.54) is 0 Å². The minimum Gasteiger partial charge on any atom is -0.493 e. The lowest BCUT2D eigenvalue weighted by Gasteiger charge is -2.16. The average molecular weight is 301 g/mol. The number of ether oxygens (including phenoxy) is 2. The van der Waals surface area contributed by atoms with Crippen molar-refractivity contribution >= 4 is 5.97 Å². The minimum absolute atomic E-state index is 0.242. The van der Waals surface area contributed by atoms with E-state index in [9.17, 15) is 4.79 Å². The number of carboxylic acid groups (broad SMARTS) is 1. The summed E-state index contributed by atoms with van der Waals surface area (Å²) in [6, 6.07) is 12.2. The predicted octanol–water partition coefficient (Wildman–Crippen LogP) is 2.33. The SMILES string of the molecule is COc1cccc(-c2ccccc2C[C@H](N)C(=O)O)c1OC. The highest BCUT2D eigenvalue weighted by Gasteiger charge is 2.18. The van der Waals surface area contributed by atoms with E-state index in [0.29, 0.717) is 11.5 Å². The summed E-state index contributed by atoms with van der Waals surface area (Å²) in [5.41, 5.74) is 8.24. The Morgan fingerprint density at radius 3 is 2.41 bits per heavy atom. The third kappa shape index (κ3) is 3.20. The summed E-state index contributed by atoms with van der Waals surface area (Å²) in [7, 11) is 3.15. The third-order valence-electron chi connectivity index (χ3n) is 3.47. The molecule has 0 aliphatic carbocycles. The van der Waals surface area contributed by atoms with Crippen LogP contribution < -0.4 is 15.2 Å². The molecular weight excluding hydrogens is 282 g/mol. The van der Waals surface area contributed by atoms with Crippen LogP contribution >= 0.6 is 0 Å². The van der Waals surface area contributed by atoms with Crippen molar-refractivity contribution in [2.45, 2.75) is 12.5 Å². The number of nitrogens with two attached hydrogens (primary N) is 1. The molecule has 2 aromatic rings. The van der Waals surface area contributed by atoms with Gasteiger partial charge in [-0.25, -0.2) is 0 Å². The van der Waals surface area contributed by atoms with E-state index in [0.717, 1.165) is 16.7 Å². The lowest BCUT2D eigenvalue weighted by Crippen LogP contribution is -2.32. The Bertz CT molecular complexity index is 669. The molecule has 0 saturated carbocycles. The van der Waals surface area contributed by atoms with Crippen molar-refractivity contribution in [3.63, 3.8) is 0 Å². The van der Waals surface area contributed by atoms with Crippen molar-refractivity contribution in [3.8, 4) is 22.6 Å². The molecule has 0 saturated heterocycles. The second-order valence-corrected chi connectivity index (χ2v) is 4.85. The van der Waals surface area contributed by atoms with Crippen molar-refractivity contribution in [2.75, 3.05) is 14.2 Å². The zero-order valence-corrected chi connectivity index (χ0v) is 12.6. The zero-order valence-electron chi connectivity index (χ0n) is 12.6. The van der Waals surface area contributed by atoms with Crippen LogP contribution in [0.4, 0.5) is 0 Å². The first kappa shape index (κ1) is 15.9. The van der Waals surface area contributed by atoms with Crippen LogP contribution in [-0.2, 0) is 11.2 Å². The van der Waals surface area contributed by atoms with Gasteiger partial charge in [0, 0.05) is 5.56 Å². The predicted molar refractivity (Wildman–Crippen MR) is 84.3 cm³/mol. The first-order valence-electron chi connectivity index (χ1n) is 6.86. The van der Waals surface area contributed by atoms with Crippen molar-refractivity contribution in [2.24, 2.45) is 5.73 Å². The first-order valence-corrected chi connectivity index (χ1v) is 6.86. The molecule has 5 nitrogen and oxygen atoms in total. The summed E-state index contributed by atoms with van der Waals surface area (Å²) in [6.07, 6.45) is 0.242. The molecule has 3 N–H and O–H groups in total. The van der Waals surface area contributed by atoms with E-state index in [2.05, 4.69) is 0 Å². The average Bonchev–Trinajstić information content (AvgIpc) is 2.54. The van der Waals surface area contributed by atoms with Gasteiger partial charge in [0.25, 0.3) is 0 Å². The Balaban J connectivity index is 2.52. The van der Waals surface area contributed by atoms with E-state index in [1.54, 1.807) is 14.2 Å². The number of carboxylic acids is 1. The topological polar surface area (TPSA) is 81.8 Å². The summed E-state index contributed by atoms with van der Waals surface area (Å²) in [4.78, 5) is 11.0. The Kier molecular flexibility index (Phi) is 5.01. The molecule has 0 aliphatic rings. The number of benzene rings is 2. The third-order valence-corrected chi connectivity index (χ3v) is 3.47. The fourth-order valence-electron chi connectivity index (χ4n) is 2.38. The van der Waals surface area contributed by atoms with Crippen LogP contribution in [0.25, 0.3) is 11.1 Å². The van der Waals surface area contributed by atoms with E-state index in [4.69, 9.17) is 20.3 Å². The molecule has 116 valence electrons. The minimum atomic E-state index is -1.02. The molecule has 0 bridgehead atoms. The first-order chi connectivity index (χ1) is 10.6. The molecule has 0 heterocycles. The quantitative estimate of drug-likeness (QED) is 0.855. The van der Waals surface area contributed by atoms with Crippen LogP contribution in [0.3, 0.4) is 0 Å². The van der Waals surface area contributed by atoms with Gasteiger partial charge in [0.2, 0.25) is 0 Å². The van der Waals surface area contributed by atoms with Crippen LogP contribution in [-0.4, -0.2) is 31.3 Å². The van der Waals surface area contributed by atoms with Crippen LogP contribution in [0.2, 0.25) is 0 Å². The maximum absolute atomic E-state index is 11.0. The molecule has 0 aliphatic heterocycles. The van der Waals surface area contributed by atoms with Crippen LogP contribution in [0.1, 0.15) is 5.56 Å². The number of carbonyl (C=O) groups is 1. The van der Waals surface area contributed by atoms with Crippen molar-refractivity contribution in [1.82, 2.24) is 0 Å². The summed E-state index contributed by atoms with van der Waals surface area (Å²) < 4.78 is 10.8. The Labute approximate surface area is 129 Å². The molecule has 0 aromatic heterocycles. The maximum atomic E-state index is 11.0. The van der Waals surface area contributed by atoms with Crippen molar-refractivity contribution < 1.29 is 19.4 Å². The zero-order chi connectivity index (χ0) is 16.1. The summed E-state index contributed by atoms with van der Waals surface area (Å²) in [6.45, 7) is 0. The highest BCUT2D eigenvalue weighted by molar-refractivity contribution is 5.78. The molecule has 0 fully saturated rings. The van der Waals surface area contributed by atoms with Gasteiger partial charge >= 0.3 is 5.97 Å². The van der Waals surface area contributed by atoms with Gasteiger partial charge in [-0.05, 0) is 23.6 Å². The fourth-order valence-corrected chi connectivity index (χ4v) is 2.38. The van der Waals surface area contributed by atoms with Gasteiger partial charge in [0.15, 0.2) is 11.5 Å². The molecule has 2 aromatic carbocycles. The molecule has 0 radical (unpaired) electrons. The largest absolute Gasteiger partial charge is 0.493 e. The molecule has 2 rings (SSSR count). The number of hydrogen-bond acceptors (Lipinski definition) is 4. The van der Waals surface area contributed by atoms with Gasteiger partial charge in [0.05, 0.1) is 14.2 Å². The normalized spacial score (nSPS) is 11.8. The lowest BCUT2D eigenvalue weighted by molar-refractivity contribution is -0.138. The van der Waals surface area contributed by atoms with Gasteiger partial charge in [0.1, 0.15) is 6.04 Å². The standard InChI is InChI=1S/C17H19NO4/c1-21-15-9-5-8-13(16(15)22-2)12-7-4-3-6-11(12)10-14(18)17(19)20/h3-9,14H,10,18H2,1-2H3,(H,19,20)/t14-/m0/s1. The van der Waals surface area contributed by atoms with Gasteiger partial charge in [-0.2, -0.15) is 0 Å².